The predicted molar refractivity (Wildman–Crippen MR) is 52.8 cm³/mol. The minimum Gasteiger partial charge on any atom is -0.454 e. The molecule has 0 saturated carbocycles. The fourth-order valence-electron chi connectivity index (χ4n) is 1.39. The number of hydrogen-bond acceptors (Lipinski definition) is 4. The van der Waals surface area contributed by atoms with Gasteiger partial charge >= 0.3 is 0 Å². The molecule has 1 aliphatic rings. The van der Waals surface area contributed by atoms with Crippen LogP contribution in [0.3, 0.4) is 0 Å². The standard InChI is InChI=1S/C9H6N2OS/c1-2-4-7-6(3-1)9-8(12-7)5-10-11-13-9/h1-5,11H. The molecule has 13 heavy (non-hydrogen) atoms. The Hall–Kier alpha value is -1.42. The maximum Gasteiger partial charge on any atom is 0.163 e. The number of hydrazone groups is 1. The van der Waals surface area contributed by atoms with Crippen LogP contribution >= 0.6 is 11.9 Å². The van der Waals surface area contributed by atoms with E-state index in [9.17, 15) is 0 Å². The molecular weight excluding hydrogens is 184 g/mol. The Labute approximate surface area is 78.9 Å². The zero-order valence-electron chi connectivity index (χ0n) is 6.65. The van der Waals surface area contributed by atoms with Crippen molar-refractivity contribution in [1.29, 1.82) is 0 Å². The molecule has 0 atom stereocenters. The lowest BCUT2D eigenvalue weighted by molar-refractivity contribution is 0.597. The fraction of sp³-hybridized carbons (Fsp3) is 0. The van der Waals surface area contributed by atoms with Crippen molar-refractivity contribution in [1.82, 2.24) is 4.83 Å². The zero-order chi connectivity index (χ0) is 8.67. The number of rotatable bonds is 0. The van der Waals surface area contributed by atoms with Crippen LogP contribution in [0.4, 0.5) is 0 Å². The Morgan fingerprint density at radius 2 is 2.23 bits per heavy atom. The van der Waals surface area contributed by atoms with Gasteiger partial charge < -0.3 is 4.42 Å². The molecule has 2 heterocycles. The highest BCUT2D eigenvalue weighted by Gasteiger charge is 2.14. The van der Waals surface area contributed by atoms with E-state index in [0.717, 1.165) is 21.6 Å². The Kier molecular flexibility index (Phi) is 1.37. The van der Waals surface area contributed by atoms with Crippen molar-refractivity contribution in [2.24, 2.45) is 5.10 Å². The van der Waals surface area contributed by atoms with E-state index >= 15 is 0 Å². The van der Waals surface area contributed by atoms with E-state index < -0.39 is 0 Å². The number of fused-ring (bicyclic) bond motifs is 3. The van der Waals surface area contributed by atoms with Crippen LogP contribution in [0.25, 0.3) is 11.0 Å². The summed E-state index contributed by atoms with van der Waals surface area (Å²) in [5, 5.41) is 5.05. The van der Waals surface area contributed by atoms with Crippen LogP contribution in [0, 0.1) is 0 Å². The SMILES string of the molecule is C1=NNSc2c1oc1ccccc21. The summed E-state index contributed by atoms with van der Waals surface area (Å²) in [6.45, 7) is 0. The van der Waals surface area contributed by atoms with Gasteiger partial charge in [-0.3, -0.25) is 0 Å². The monoisotopic (exact) mass is 190 g/mol. The number of nitrogens with one attached hydrogen (secondary N) is 1. The lowest BCUT2D eigenvalue weighted by atomic mass is 10.2. The van der Waals surface area contributed by atoms with Crippen LogP contribution in [-0.2, 0) is 0 Å². The largest absolute Gasteiger partial charge is 0.454 e. The number of hydrogen-bond donors (Lipinski definition) is 1. The second-order valence-corrected chi connectivity index (χ2v) is 3.54. The van der Waals surface area contributed by atoms with E-state index in [4.69, 9.17) is 4.42 Å². The topological polar surface area (TPSA) is 37.5 Å². The van der Waals surface area contributed by atoms with Gasteiger partial charge in [-0.15, -0.1) is 0 Å². The third-order valence-corrected chi connectivity index (χ3v) is 2.78. The molecule has 1 N–H and O–H groups in total. The summed E-state index contributed by atoms with van der Waals surface area (Å²) in [6, 6.07) is 7.98. The minimum atomic E-state index is 0.838. The molecule has 1 aliphatic heterocycles. The molecule has 0 fully saturated rings. The number of furan rings is 1. The first-order valence-electron chi connectivity index (χ1n) is 3.91. The summed E-state index contributed by atoms with van der Waals surface area (Å²) in [5.74, 6) is 0.838. The lowest BCUT2D eigenvalue weighted by Gasteiger charge is -2.02. The van der Waals surface area contributed by atoms with E-state index in [0.29, 0.717) is 0 Å². The Bertz CT molecular complexity index is 489. The van der Waals surface area contributed by atoms with Crippen molar-refractivity contribution in [3.05, 3.63) is 30.0 Å². The average molecular weight is 190 g/mol. The summed E-state index contributed by atoms with van der Waals surface area (Å²) < 4.78 is 5.58. The van der Waals surface area contributed by atoms with E-state index in [1.165, 1.54) is 11.9 Å². The molecule has 0 aliphatic carbocycles. The van der Waals surface area contributed by atoms with Crippen molar-refractivity contribution in [2.75, 3.05) is 0 Å². The van der Waals surface area contributed by atoms with Crippen molar-refractivity contribution in [2.45, 2.75) is 4.90 Å². The van der Waals surface area contributed by atoms with Gasteiger partial charge in [0.1, 0.15) is 5.58 Å². The molecular formula is C9H6N2OS. The molecule has 3 nitrogen and oxygen atoms in total. The Morgan fingerprint density at radius 3 is 3.23 bits per heavy atom. The molecule has 3 rings (SSSR count). The van der Waals surface area contributed by atoms with Gasteiger partial charge in [0.15, 0.2) is 5.76 Å². The van der Waals surface area contributed by atoms with Gasteiger partial charge in [-0.2, -0.15) is 5.10 Å². The van der Waals surface area contributed by atoms with Crippen molar-refractivity contribution in [3.8, 4) is 0 Å². The summed E-state index contributed by atoms with van der Waals surface area (Å²) in [5.41, 5.74) is 0.912. The first-order valence-corrected chi connectivity index (χ1v) is 4.73. The van der Waals surface area contributed by atoms with Gasteiger partial charge in [0.2, 0.25) is 0 Å². The first-order chi connectivity index (χ1) is 6.45. The quantitative estimate of drug-likeness (QED) is 0.648. The maximum atomic E-state index is 5.58. The van der Waals surface area contributed by atoms with E-state index in [-0.39, 0.29) is 0 Å². The third kappa shape index (κ3) is 0.954. The lowest BCUT2D eigenvalue weighted by Crippen LogP contribution is -1.99. The van der Waals surface area contributed by atoms with Crippen molar-refractivity contribution < 1.29 is 4.42 Å². The van der Waals surface area contributed by atoms with E-state index in [1.807, 2.05) is 24.3 Å². The summed E-state index contributed by atoms with van der Waals surface area (Å²) in [6.07, 6.45) is 1.70. The first kappa shape index (κ1) is 7.03. The summed E-state index contributed by atoms with van der Waals surface area (Å²) >= 11 is 1.48. The second kappa shape index (κ2) is 2.53. The van der Waals surface area contributed by atoms with Crippen LogP contribution in [-0.4, -0.2) is 6.21 Å². The summed E-state index contributed by atoms with van der Waals surface area (Å²) in [4.78, 5) is 3.96. The molecule has 0 spiro atoms. The van der Waals surface area contributed by atoms with E-state index in [2.05, 4.69) is 9.93 Å². The molecule has 0 unspecified atom stereocenters. The van der Waals surface area contributed by atoms with Gasteiger partial charge in [-0.1, -0.05) is 12.1 Å². The van der Waals surface area contributed by atoms with Crippen molar-refractivity contribution in [3.63, 3.8) is 0 Å². The maximum absolute atomic E-state index is 5.58. The highest BCUT2D eigenvalue weighted by Crippen LogP contribution is 2.33. The van der Waals surface area contributed by atoms with Crippen LogP contribution in [0.2, 0.25) is 0 Å². The number of benzene rings is 1. The minimum absolute atomic E-state index is 0.838. The Morgan fingerprint density at radius 1 is 1.31 bits per heavy atom. The van der Waals surface area contributed by atoms with Gasteiger partial charge in [0, 0.05) is 17.3 Å². The molecule has 1 aromatic heterocycles. The molecule has 1 aromatic carbocycles. The molecule has 0 bridgehead atoms. The van der Waals surface area contributed by atoms with E-state index in [1.54, 1.807) is 6.21 Å². The Balaban J connectivity index is 2.41. The van der Waals surface area contributed by atoms with Gasteiger partial charge in [-0.05, 0) is 12.1 Å². The fourth-order valence-corrected chi connectivity index (χ4v) is 2.06. The van der Waals surface area contributed by atoms with Crippen LogP contribution < -0.4 is 4.83 Å². The molecule has 2 aromatic rings. The molecule has 4 heteroatoms. The molecule has 0 radical (unpaired) electrons. The van der Waals surface area contributed by atoms with Gasteiger partial charge in [0.25, 0.3) is 0 Å². The highest BCUT2D eigenvalue weighted by molar-refractivity contribution is 7.97. The smallest absolute Gasteiger partial charge is 0.163 e. The number of nitrogens with zero attached hydrogens (tertiary/aromatic N) is 1. The number of para-hydroxylation sites is 1. The van der Waals surface area contributed by atoms with Gasteiger partial charge in [-0.25, -0.2) is 4.83 Å². The van der Waals surface area contributed by atoms with Crippen LogP contribution in [0.15, 0.2) is 38.7 Å². The molecule has 0 saturated heterocycles. The molecule has 0 amide bonds. The van der Waals surface area contributed by atoms with Gasteiger partial charge in [0.05, 0.1) is 11.1 Å². The highest BCUT2D eigenvalue weighted by atomic mass is 32.2. The average Bonchev–Trinajstić information content (AvgIpc) is 2.56. The summed E-state index contributed by atoms with van der Waals surface area (Å²) in [7, 11) is 0. The van der Waals surface area contributed by atoms with Crippen molar-refractivity contribution >= 4 is 29.1 Å². The second-order valence-electron chi connectivity index (χ2n) is 2.74. The van der Waals surface area contributed by atoms with Crippen LogP contribution in [0.5, 0.6) is 0 Å². The normalized spacial score (nSPS) is 14.2. The third-order valence-electron chi connectivity index (χ3n) is 1.96. The zero-order valence-corrected chi connectivity index (χ0v) is 7.47. The molecule has 64 valence electrons. The predicted octanol–water partition coefficient (Wildman–Crippen LogP) is 2.38. The van der Waals surface area contributed by atoms with Crippen LogP contribution in [0.1, 0.15) is 5.76 Å².